The molecule has 3 N–H and O–H groups in total. The van der Waals surface area contributed by atoms with E-state index in [4.69, 9.17) is 10.5 Å². The fourth-order valence-electron chi connectivity index (χ4n) is 1.71. The van der Waals surface area contributed by atoms with Gasteiger partial charge in [-0.1, -0.05) is 0 Å². The normalized spacial score (nSPS) is 11.2. The Morgan fingerprint density at radius 1 is 1.33 bits per heavy atom. The molecular weight excluding hydrogens is 358 g/mol. The lowest BCUT2D eigenvalue weighted by molar-refractivity contribution is 0.416. The van der Waals surface area contributed by atoms with Gasteiger partial charge >= 0.3 is 0 Å². The molecule has 0 fully saturated rings. The van der Waals surface area contributed by atoms with Crippen LogP contribution in [0.3, 0.4) is 0 Å². The number of nitrogens with two attached hydrogens (primary N) is 1. The van der Waals surface area contributed by atoms with Crippen molar-refractivity contribution >= 4 is 37.3 Å². The van der Waals surface area contributed by atoms with E-state index in [0.717, 1.165) is 5.56 Å². The largest absolute Gasteiger partial charge is 0.495 e. The monoisotopic (exact) mass is 371 g/mol. The molecule has 0 aliphatic rings. The van der Waals surface area contributed by atoms with Crippen LogP contribution in [0.4, 0.5) is 11.4 Å². The van der Waals surface area contributed by atoms with Crippen molar-refractivity contribution in [2.45, 2.75) is 11.8 Å². The SMILES string of the molecule is COc1ccc(S(=O)(=O)Nc2cnc(Br)c(C)c2)cc1N. The molecule has 6 nitrogen and oxygen atoms in total. The van der Waals surface area contributed by atoms with Crippen molar-refractivity contribution in [3.8, 4) is 5.75 Å². The third kappa shape index (κ3) is 3.45. The summed E-state index contributed by atoms with van der Waals surface area (Å²) in [5.41, 5.74) is 7.19. The zero-order valence-electron chi connectivity index (χ0n) is 11.4. The van der Waals surface area contributed by atoms with Gasteiger partial charge in [0.05, 0.1) is 29.6 Å². The molecular formula is C13H14BrN3O3S. The number of nitrogens with zero attached hydrogens (tertiary/aromatic N) is 1. The summed E-state index contributed by atoms with van der Waals surface area (Å²) in [5.74, 6) is 0.426. The first-order valence-electron chi connectivity index (χ1n) is 5.92. The summed E-state index contributed by atoms with van der Waals surface area (Å²) in [4.78, 5) is 4.10. The summed E-state index contributed by atoms with van der Waals surface area (Å²) in [6.07, 6.45) is 1.43. The van der Waals surface area contributed by atoms with Gasteiger partial charge in [-0.15, -0.1) is 0 Å². The number of sulfonamides is 1. The maximum atomic E-state index is 12.3. The molecule has 0 saturated heterocycles. The van der Waals surface area contributed by atoms with Gasteiger partial charge in [0.1, 0.15) is 10.4 Å². The lowest BCUT2D eigenvalue weighted by Crippen LogP contribution is -2.13. The number of aromatic nitrogens is 1. The van der Waals surface area contributed by atoms with Crippen LogP contribution in [-0.2, 0) is 10.0 Å². The second-order valence-electron chi connectivity index (χ2n) is 4.34. The molecule has 21 heavy (non-hydrogen) atoms. The maximum Gasteiger partial charge on any atom is 0.262 e. The van der Waals surface area contributed by atoms with Crippen LogP contribution in [0.2, 0.25) is 0 Å². The Labute approximate surface area is 131 Å². The smallest absolute Gasteiger partial charge is 0.262 e. The average Bonchev–Trinajstić information content (AvgIpc) is 2.42. The van der Waals surface area contributed by atoms with Gasteiger partial charge < -0.3 is 10.5 Å². The Bertz CT molecular complexity index is 778. The molecule has 0 saturated carbocycles. The Balaban J connectivity index is 2.33. The minimum atomic E-state index is -3.73. The van der Waals surface area contributed by atoms with Crippen LogP contribution < -0.4 is 15.2 Å². The first kappa shape index (κ1) is 15.6. The van der Waals surface area contributed by atoms with Gasteiger partial charge in [0.25, 0.3) is 10.0 Å². The lowest BCUT2D eigenvalue weighted by Gasteiger charge is -2.11. The molecule has 2 aromatic rings. The van der Waals surface area contributed by atoms with Crippen molar-refractivity contribution < 1.29 is 13.2 Å². The number of pyridine rings is 1. The number of hydrogen-bond donors (Lipinski definition) is 2. The topological polar surface area (TPSA) is 94.3 Å². The third-order valence-corrected chi connectivity index (χ3v) is 4.99. The van der Waals surface area contributed by atoms with Crippen LogP contribution in [0.25, 0.3) is 0 Å². The van der Waals surface area contributed by atoms with E-state index in [2.05, 4.69) is 25.6 Å². The van der Waals surface area contributed by atoms with Gasteiger partial charge in [0.15, 0.2) is 0 Å². The van der Waals surface area contributed by atoms with E-state index in [-0.39, 0.29) is 10.6 Å². The van der Waals surface area contributed by atoms with Crippen LogP contribution in [0.15, 0.2) is 40.0 Å². The molecule has 0 aliphatic heterocycles. The molecule has 0 amide bonds. The quantitative estimate of drug-likeness (QED) is 0.635. The predicted octanol–water partition coefficient (Wildman–Crippen LogP) is 2.54. The van der Waals surface area contributed by atoms with Crippen LogP contribution in [0, 0.1) is 6.92 Å². The van der Waals surface area contributed by atoms with Crippen LogP contribution in [-0.4, -0.2) is 20.5 Å². The molecule has 0 aliphatic carbocycles. The molecule has 2 rings (SSSR count). The van der Waals surface area contributed by atoms with Gasteiger partial charge in [-0.3, -0.25) is 4.72 Å². The molecule has 0 spiro atoms. The Hall–Kier alpha value is -1.80. The second kappa shape index (κ2) is 5.90. The second-order valence-corrected chi connectivity index (χ2v) is 6.77. The van der Waals surface area contributed by atoms with Gasteiger partial charge in [-0.05, 0) is 52.7 Å². The number of hydrogen-bond acceptors (Lipinski definition) is 5. The fraction of sp³-hybridized carbons (Fsp3) is 0.154. The number of aryl methyl sites for hydroxylation is 1. The van der Waals surface area contributed by atoms with Crippen LogP contribution in [0.1, 0.15) is 5.56 Å². The van der Waals surface area contributed by atoms with E-state index in [1.807, 2.05) is 6.92 Å². The van der Waals surface area contributed by atoms with E-state index in [1.54, 1.807) is 6.07 Å². The summed E-state index contributed by atoms with van der Waals surface area (Å²) in [7, 11) is -2.26. The van der Waals surface area contributed by atoms with Crippen molar-refractivity contribution in [1.29, 1.82) is 0 Å². The number of ether oxygens (including phenoxy) is 1. The molecule has 0 unspecified atom stereocenters. The van der Waals surface area contributed by atoms with E-state index in [1.165, 1.54) is 31.5 Å². The Kier molecular flexibility index (Phi) is 4.38. The Morgan fingerprint density at radius 2 is 2.05 bits per heavy atom. The molecule has 112 valence electrons. The highest BCUT2D eigenvalue weighted by Crippen LogP contribution is 2.26. The third-order valence-electron chi connectivity index (χ3n) is 2.78. The van der Waals surface area contributed by atoms with Crippen molar-refractivity contribution in [1.82, 2.24) is 4.98 Å². The molecule has 1 aromatic carbocycles. The summed E-state index contributed by atoms with van der Waals surface area (Å²) < 4.78 is 32.7. The van der Waals surface area contributed by atoms with Gasteiger partial charge in [0.2, 0.25) is 0 Å². The average molecular weight is 372 g/mol. The number of nitrogens with one attached hydrogen (secondary N) is 1. The summed E-state index contributed by atoms with van der Waals surface area (Å²) in [6, 6.07) is 5.97. The number of anilines is 2. The fourth-order valence-corrected chi connectivity index (χ4v) is 2.99. The molecule has 8 heteroatoms. The molecule has 0 radical (unpaired) electrons. The number of benzene rings is 1. The van der Waals surface area contributed by atoms with Crippen molar-refractivity contribution in [3.63, 3.8) is 0 Å². The predicted molar refractivity (Wildman–Crippen MR) is 84.9 cm³/mol. The highest BCUT2D eigenvalue weighted by Gasteiger charge is 2.16. The summed E-state index contributed by atoms with van der Waals surface area (Å²) in [6.45, 7) is 1.82. The minimum absolute atomic E-state index is 0.0568. The van der Waals surface area contributed by atoms with Crippen molar-refractivity contribution in [2.75, 3.05) is 17.6 Å². The highest BCUT2D eigenvalue weighted by atomic mass is 79.9. The standard InChI is InChI=1S/C13H14BrN3O3S/c1-8-5-9(7-16-13(8)14)17-21(18,19)10-3-4-12(20-2)11(15)6-10/h3-7,17H,15H2,1-2H3. The van der Waals surface area contributed by atoms with Gasteiger partial charge in [0, 0.05) is 0 Å². The van der Waals surface area contributed by atoms with Crippen LogP contribution >= 0.6 is 15.9 Å². The van der Waals surface area contributed by atoms with E-state index < -0.39 is 10.0 Å². The minimum Gasteiger partial charge on any atom is -0.495 e. The van der Waals surface area contributed by atoms with Crippen LogP contribution in [0.5, 0.6) is 5.75 Å². The molecule has 0 bridgehead atoms. The summed E-state index contributed by atoms with van der Waals surface area (Å²) >= 11 is 3.26. The van der Waals surface area contributed by atoms with E-state index in [0.29, 0.717) is 16.0 Å². The van der Waals surface area contributed by atoms with Crippen molar-refractivity contribution in [3.05, 3.63) is 40.6 Å². The Morgan fingerprint density at radius 3 is 2.62 bits per heavy atom. The zero-order valence-corrected chi connectivity index (χ0v) is 13.8. The van der Waals surface area contributed by atoms with Crippen molar-refractivity contribution in [2.24, 2.45) is 0 Å². The zero-order chi connectivity index (χ0) is 15.6. The van der Waals surface area contributed by atoms with Gasteiger partial charge in [-0.2, -0.15) is 0 Å². The first-order chi connectivity index (χ1) is 9.83. The first-order valence-corrected chi connectivity index (χ1v) is 8.19. The number of rotatable bonds is 4. The van der Waals surface area contributed by atoms with E-state index in [9.17, 15) is 8.42 Å². The number of nitrogen functional groups attached to an aromatic ring is 1. The molecule has 1 heterocycles. The molecule has 1 aromatic heterocycles. The number of methoxy groups -OCH3 is 1. The highest BCUT2D eigenvalue weighted by molar-refractivity contribution is 9.10. The maximum absolute atomic E-state index is 12.3. The molecule has 0 atom stereocenters. The number of halogens is 1. The van der Waals surface area contributed by atoms with E-state index >= 15 is 0 Å². The summed E-state index contributed by atoms with van der Waals surface area (Å²) in [5, 5.41) is 0. The van der Waals surface area contributed by atoms with Gasteiger partial charge in [-0.25, -0.2) is 13.4 Å². The lowest BCUT2D eigenvalue weighted by atomic mass is 10.3.